The molecule has 3 rings (SSSR count). The van der Waals surface area contributed by atoms with Crippen LogP contribution in [0.1, 0.15) is 0 Å². The molecular formula is C17H12ClN3O4S. The molecule has 26 heavy (non-hydrogen) atoms. The number of carbonyl (C=O) groups is 1. The summed E-state index contributed by atoms with van der Waals surface area (Å²) in [5, 5.41) is 16.1. The Morgan fingerprint density at radius 2 is 2.08 bits per heavy atom. The Labute approximate surface area is 157 Å². The van der Waals surface area contributed by atoms with E-state index in [1.807, 2.05) is 18.2 Å². The molecule has 1 amide bonds. The van der Waals surface area contributed by atoms with Crippen LogP contribution in [0, 0.1) is 10.1 Å². The van der Waals surface area contributed by atoms with E-state index in [0.717, 1.165) is 5.56 Å². The van der Waals surface area contributed by atoms with Gasteiger partial charge >= 0.3 is 0 Å². The maximum Gasteiger partial charge on any atom is 0.273 e. The van der Waals surface area contributed by atoms with Crippen molar-refractivity contribution >= 4 is 39.7 Å². The fraction of sp³-hybridized carbons (Fsp3) is 0.0588. The Morgan fingerprint density at radius 1 is 1.27 bits per heavy atom. The molecule has 1 heterocycles. The zero-order valence-corrected chi connectivity index (χ0v) is 14.8. The van der Waals surface area contributed by atoms with Crippen molar-refractivity contribution in [2.45, 2.75) is 0 Å². The largest absolute Gasteiger partial charge is 0.484 e. The van der Waals surface area contributed by atoms with E-state index >= 15 is 0 Å². The minimum Gasteiger partial charge on any atom is -0.484 e. The van der Waals surface area contributed by atoms with Crippen LogP contribution in [-0.4, -0.2) is 22.4 Å². The molecule has 3 aromatic rings. The number of hydrogen-bond donors (Lipinski definition) is 1. The number of nitrogens with one attached hydrogen (secondary N) is 1. The quantitative estimate of drug-likeness (QED) is 0.498. The first-order valence-electron chi connectivity index (χ1n) is 7.40. The van der Waals surface area contributed by atoms with E-state index < -0.39 is 10.8 Å². The number of halogens is 1. The summed E-state index contributed by atoms with van der Waals surface area (Å²) in [6, 6.07) is 12.9. The topological polar surface area (TPSA) is 94.4 Å². The van der Waals surface area contributed by atoms with Gasteiger partial charge in [0.15, 0.2) is 11.7 Å². The van der Waals surface area contributed by atoms with Gasteiger partial charge in [0, 0.05) is 22.0 Å². The summed E-state index contributed by atoms with van der Waals surface area (Å²) in [5.41, 5.74) is 1.33. The van der Waals surface area contributed by atoms with Crippen molar-refractivity contribution in [3.8, 4) is 17.0 Å². The van der Waals surface area contributed by atoms with Crippen molar-refractivity contribution in [2.75, 3.05) is 11.9 Å². The van der Waals surface area contributed by atoms with E-state index in [4.69, 9.17) is 16.3 Å². The second-order valence-corrected chi connectivity index (χ2v) is 6.37. The van der Waals surface area contributed by atoms with Crippen LogP contribution >= 0.6 is 22.9 Å². The Balaban J connectivity index is 1.60. The van der Waals surface area contributed by atoms with Crippen LogP contribution < -0.4 is 10.1 Å². The second-order valence-electron chi connectivity index (χ2n) is 5.11. The van der Waals surface area contributed by atoms with Gasteiger partial charge < -0.3 is 4.74 Å². The number of anilines is 1. The molecule has 0 fully saturated rings. The summed E-state index contributed by atoms with van der Waals surface area (Å²) in [6.07, 6.45) is 0. The van der Waals surface area contributed by atoms with Gasteiger partial charge in [-0.05, 0) is 12.1 Å². The Kier molecular flexibility index (Phi) is 5.45. The Morgan fingerprint density at radius 3 is 2.85 bits per heavy atom. The number of rotatable bonds is 6. The standard InChI is InChI=1S/C17H12ClN3O4S/c18-14-7-2-1-6-13(14)15-10-26-17(19-15)20-16(22)9-25-12-5-3-4-11(8-12)21(23)24/h1-8,10H,9H2,(H,19,20,22). The number of aromatic nitrogens is 1. The van der Waals surface area contributed by atoms with Crippen molar-refractivity contribution in [1.82, 2.24) is 4.98 Å². The van der Waals surface area contributed by atoms with E-state index in [1.54, 1.807) is 17.5 Å². The first kappa shape index (κ1) is 17.8. The molecule has 132 valence electrons. The SMILES string of the molecule is O=C(COc1cccc([N+](=O)[O-])c1)Nc1nc(-c2ccccc2Cl)cs1. The number of carbonyl (C=O) groups excluding carboxylic acids is 1. The summed E-state index contributed by atoms with van der Waals surface area (Å²) in [6.45, 7) is -0.290. The molecular weight excluding hydrogens is 378 g/mol. The lowest BCUT2D eigenvalue weighted by Crippen LogP contribution is -2.20. The Bertz CT molecular complexity index is 960. The minimum atomic E-state index is -0.529. The number of ether oxygens (including phenoxy) is 1. The van der Waals surface area contributed by atoms with Crippen molar-refractivity contribution < 1.29 is 14.5 Å². The van der Waals surface area contributed by atoms with Crippen molar-refractivity contribution in [2.24, 2.45) is 0 Å². The minimum absolute atomic E-state index is 0.104. The molecule has 0 aliphatic rings. The van der Waals surface area contributed by atoms with Gasteiger partial charge in [0.05, 0.1) is 16.7 Å². The van der Waals surface area contributed by atoms with Crippen LogP contribution in [0.2, 0.25) is 5.02 Å². The van der Waals surface area contributed by atoms with Crippen LogP contribution in [-0.2, 0) is 4.79 Å². The summed E-state index contributed by atoms with van der Waals surface area (Å²) in [5.74, 6) is -0.179. The van der Waals surface area contributed by atoms with Crippen LogP contribution in [0.4, 0.5) is 10.8 Å². The third kappa shape index (κ3) is 4.35. The zero-order valence-electron chi connectivity index (χ0n) is 13.2. The number of benzene rings is 2. The molecule has 0 atom stereocenters. The summed E-state index contributed by atoms with van der Waals surface area (Å²) < 4.78 is 5.28. The third-order valence-corrected chi connectivity index (χ3v) is 4.39. The van der Waals surface area contributed by atoms with Crippen LogP contribution in [0.3, 0.4) is 0 Å². The molecule has 0 unspecified atom stereocenters. The predicted molar refractivity (Wildman–Crippen MR) is 99.8 cm³/mol. The van der Waals surface area contributed by atoms with Gasteiger partial charge in [-0.3, -0.25) is 20.2 Å². The molecule has 0 saturated heterocycles. The van der Waals surface area contributed by atoms with Crippen LogP contribution in [0.15, 0.2) is 53.9 Å². The number of nitro groups is 1. The molecule has 1 N–H and O–H groups in total. The van der Waals surface area contributed by atoms with Crippen LogP contribution in [0.25, 0.3) is 11.3 Å². The maximum absolute atomic E-state index is 12.0. The number of nitro benzene ring substituents is 1. The van der Waals surface area contributed by atoms with E-state index in [2.05, 4.69) is 10.3 Å². The van der Waals surface area contributed by atoms with Gasteiger partial charge in [-0.2, -0.15) is 0 Å². The maximum atomic E-state index is 12.0. The molecule has 0 bridgehead atoms. The van der Waals surface area contributed by atoms with Crippen molar-refractivity contribution in [3.63, 3.8) is 0 Å². The van der Waals surface area contributed by atoms with E-state index in [9.17, 15) is 14.9 Å². The summed E-state index contributed by atoms with van der Waals surface area (Å²) in [4.78, 5) is 26.5. The second kappa shape index (κ2) is 7.94. The number of nitrogens with zero attached hydrogens (tertiary/aromatic N) is 2. The normalized spacial score (nSPS) is 10.3. The number of thiazole rings is 1. The van der Waals surface area contributed by atoms with E-state index in [-0.39, 0.29) is 18.0 Å². The highest BCUT2D eigenvalue weighted by atomic mass is 35.5. The molecule has 1 aromatic heterocycles. The fourth-order valence-electron chi connectivity index (χ4n) is 2.11. The highest BCUT2D eigenvalue weighted by Crippen LogP contribution is 2.30. The molecule has 0 aliphatic heterocycles. The lowest BCUT2D eigenvalue weighted by molar-refractivity contribution is -0.384. The molecule has 0 aliphatic carbocycles. The first-order valence-corrected chi connectivity index (χ1v) is 8.66. The molecule has 7 nitrogen and oxygen atoms in total. The van der Waals surface area contributed by atoms with E-state index in [1.165, 1.54) is 29.5 Å². The highest BCUT2D eigenvalue weighted by Gasteiger charge is 2.12. The lowest BCUT2D eigenvalue weighted by atomic mass is 10.2. The fourth-order valence-corrected chi connectivity index (χ4v) is 3.07. The molecule has 0 spiro atoms. The number of non-ortho nitro benzene ring substituents is 1. The first-order chi connectivity index (χ1) is 12.5. The number of hydrogen-bond acceptors (Lipinski definition) is 6. The summed E-state index contributed by atoms with van der Waals surface area (Å²) >= 11 is 7.40. The Hall–Kier alpha value is -2.97. The summed E-state index contributed by atoms with van der Waals surface area (Å²) in [7, 11) is 0. The predicted octanol–water partition coefficient (Wildman–Crippen LogP) is 4.39. The zero-order chi connectivity index (χ0) is 18.5. The highest BCUT2D eigenvalue weighted by molar-refractivity contribution is 7.14. The van der Waals surface area contributed by atoms with Crippen LogP contribution in [0.5, 0.6) is 5.75 Å². The average Bonchev–Trinajstić information content (AvgIpc) is 3.08. The van der Waals surface area contributed by atoms with Gasteiger partial charge in [0.25, 0.3) is 11.6 Å². The van der Waals surface area contributed by atoms with E-state index in [0.29, 0.717) is 15.8 Å². The third-order valence-electron chi connectivity index (χ3n) is 3.30. The van der Waals surface area contributed by atoms with Gasteiger partial charge in [0.1, 0.15) is 5.75 Å². The smallest absolute Gasteiger partial charge is 0.273 e. The number of amides is 1. The van der Waals surface area contributed by atoms with Gasteiger partial charge in [-0.25, -0.2) is 4.98 Å². The van der Waals surface area contributed by atoms with Crippen molar-refractivity contribution in [1.29, 1.82) is 0 Å². The molecule has 2 aromatic carbocycles. The molecule has 0 saturated carbocycles. The average molecular weight is 390 g/mol. The van der Waals surface area contributed by atoms with Gasteiger partial charge in [-0.15, -0.1) is 11.3 Å². The van der Waals surface area contributed by atoms with Gasteiger partial charge in [-0.1, -0.05) is 35.9 Å². The lowest BCUT2D eigenvalue weighted by Gasteiger charge is -2.05. The molecule has 9 heteroatoms. The van der Waals surface area contributed by atoms with Crippen molar-refractivity contribution in [3.05, 3.63) is 69.0 Å². The van der Waals surface area contributed by atoms with Gasteiger partial charge in [0.2, 0.25) is 0 Å². The molecule has 0 radical (unpaired) electrons. The monoisotopic (exact) mass is 389 g/mol.